The highest BCUT2D eigenvalue weighted by atomic mass is 35.5. The molecule has 1 saturated carbocycles. The van der Waals surface area contributed by atoms with Gasteiger partial charge in [-0.1, -0.05) is 11.6 Å². The molecule has 20 heavy (non-hydrogen) atoms. The summed E-state index contributed by atoms with van der Waals surface area (Å²) in [5.41, 5.74) is 2.65. The SMILES string of the molecule is COC1CCN(c2ccc(Cl)cc2CNC2CC2)CC1. The van der Waals surface area contributed by atoms with E-state index in [0.29, 0.717) is 6.10 Å². The molecule has 3 rings (SSSR count). The predicted octanol–water partition coefficient (Wildman–Crippen LogP) is 3.21. The van der Waals surface area contributed by atoms with Crippen molar-refractivity contribution in [1.29, 1.82) is 0 Å². The molecule has 1 aliphatic carbocycles. The Balaban J connectivity index is 1.70. The van der Waals surface area contributed by atoms with E-state index in [1.165, 1.54) is 24.1 Å². The highest BCUT2D eigenvalue weighted by Crippen LogP contribution is 2.28. The number of anilines is 1. The number of methoxy groups -OCH3 is 1. The number of rotatable bonds is 5. The second-order valence-corrected chi connectivity index (χ2v) is 6.29. The number of halogens is 1. The van der Waals surface area contributed by atoms with Crippen LogP contribution in [-0.2, 0) is 11.3 Å². The van der Waals surface area contributed by atoms with Crippen molar-refractivity contribution in [3.05, 3.63) is 28.8 Å². The van der Waals surface area contributed by atoms with Gasteiger partial charge in [-0.2, -0.15) is 0 Å². The Morgan fingerprint density at radius 2 is 2.00 bits per heavy atom. The van der Waals surface area contributed by atoms with Crippen molar-refractivity contribution < 1.29 is 4.74 Å². The lowest BCUT2D eigenvalue weighted by Gasteiger charge is -2.34. The average molecular weight is 295 g/mol. The van der Waals surface area contributed by atoms with Crippen LogP contribution in [0.5, 0.6) is 0 Å². The second-order valence-electron chi connectivity index (χ2n) is 5.85. The van der Waals surface area contributed by atoms with E-state index in [9.17, 15) is 0 Å². The van der Waals surface area contributed by atoms with Gasteiger partial charge in [-0.3, -0.25) is 0 Å². The Labute approximate surface area is 126 Å². The first kappa shape index (κ1) is 14.2. The molecule has 1 aliphatic heterocycles. The Hall–Kier alpha value is -0.770. The van der Waals surface area contributed by atoms with Crippen LogP contribution in [0.4, 0.5) is 5.69 Å². The maximum atomic E-state index is 6.17. The molecule has 1 aromatic rings. The minimum Gasteiger partial charge on any atom is -0.381 e. The summed E-state index contributed by atoms with van der Waals surface area (Å²) in [5, 5.41) is 4.42. The Bertz CT molecular complexity index is 454. The van der Waals surface area contributed by atoms with Crippen molar-refractivity contribution in [2.24, 2.45) is 0 Å². The van der Waals surface area contributed by atoms with E-state index in [-0.39, 0.29) is 0 Å². The molecule has 0 radical (unpaired) electrons. The lowest BCUT2D eigenvalue weighted by atomic mass is 10.0. The van der Waals surface area contributed by atoms with Crippen molar-refractivity contribution >= 4 is 17.3 Å². The molecule has 1 N–H and O–H groups in total. The quantitative estimate of drug-likeness (QED) is 0.902. The fourth-order valence-electron chi connectivity index (χ4n) is 2.88. The van der Waals surface area contributed by atoms with Crippen molar-refractivity contribution in [2.75, 3.05) is 25.1 Å². The molecule has 0 bridgehead atoms. The molecule has 2 aliphatic rings. The Morgan fingerprint density at radius 1 is 1.25 bits per heavy atom. The third kappa shape index (κ3) is 3.46. The molecule has 0 atom stereocenters. The summed E-state index contributed by atoms with van der Waals surface area (Å²) in [6.07, 6.45) is 5.26. The number of piperidine rings is 1. The fraction of sp³-hybridized carbons (Fsp3) is 0.625. The van der Waals surface area contributed by atoms with Gasteiger partial charge in [-0.25, -0.2) is 0 Å². The van der Waals surface area contributed by atoms with E-state index >= 15 is 0 Å². The second kappa shape index (κ2) is 6.33. The van der Waals surface area contributed by atoms with Crippen LogP contribution in [0.2, 0.25) is 5.02 Å². The number of nitrogens with zero attached hydrogens (tertiary/aromatic N) is 1. The van der Waals surface area contributed by atoms with Crippen LogP contribution in [-0.4, -0.2) is 32.3 Å². The normalized spacial score (nSPS) is 20.4. The molecule has 1 saturated heterocycles. The smallest absolute Gasteiger partial charge is 0.0605 e. The van der Waals surface area contributed by atoms with Crippen molar-refractivity contribution in [3.63, 3.8) is 0 Å². The summed E-state index contributed by atoms with van der Waals surface area (Å²) in [5.74, 6) is 0. The van der Waals surface area contributed by atoms with Crippen LogP contribution >= 0.6 is 11.6 Å². The molecule has 0 spiro atoms. The van der Waals surface area contributed by atoms with Crippen molar-refractivity contribution in [1.82, 2.24) is 5.32 Å². The van der Waals surface area contributed by atoms with Gasteiger partial charge in [-0.15, -0.1) is 0 Å². The van der Waals surface area contributed by atoms with Crippen LogP contribution in [0.1, 0.15) is 31.2 Å². The highest BCUT2D eigenvalue weighted by Gasteiger charge is 2.23. The Kier molecular flexibility index (Phi) is 4.49. The summed E-state index contributed by atoms with van der Waals surface area (Å²) < 4.78 is 5.45. The van der Waals surface area contributed by atoms with Crippen LogP contribution in [0.15, 0.2) is 18.2 Å². The van der Waals surface area contributed by atoms with Gasteiger partial charge in [0.1, 0.15) is 0 Å². The zero-order valence-electron chi connectivity index (χ0n) is 12.1. The molecule has 4 heteroatoms. The summed E-state index contributed by atoms with van der Waals surface area (Å²) >= 11 is 6.17. The summed E-state index contributed by atoms with van der Waals surface area (Å²) in [6, 6.07) is 7.00. The predicted molar refractivity (Wildman–Crippen MR) is 83.6 cm³/mol. The maximum absolute atomic E-state index is 6.17. The number of ether oxygens (including phenoxy) is 1. The number of hydrogen-bond donors (Lipinski definition) is 1. The number of nitrogens with one attached hydrogen (secondary N) is 1. The summed E-state index contributed by atoms with van der Waals surface area (Å²) in [4.78, 5) is 2.47. The van der Waals surface area contributed by atoms with Crippen LogP contribution in [0.25, 0.3) is 0 Å². The fourth-order valence-corrected chi connectivity index (χ4v) is 3.07. The first-order valence-corrected chi connectivity index (χ1v) is 7.93. The van der Waals surface area contributed by atoms with E-state index in [0.717, 1.165) is 43.5 Å². The molecule has 110 valence electrons. The molecule has 2 fully saturated rings. The molecular formula is C16H23ClN2O. The van der Waals surface area contributed by atoms with E-state index in [2.05, 4.69) is 22.3 Å². The van der Waals surface area contributed by atoms with Gasteiger partial charge in [-0.05, 0) is 49.4 Å². The Morgan fingerprint density at radius 3 is 2.65 bits per heavy atom. The van der Waals surface area contributed by atoms with Gasteiger partial charge in [0.25, 0.3) is 0 Å². The number of benzene rings is 1. The van der Waals surface area contributed by atoms with Crippen molar-refractivity contribution in [2.45, 2.75) is 44.4 Å². The zero-order valence-corrected chi connectivity index (χ0v) is 12.8. The molecule has 3 nitrogen and oxygen atoms in total. The summed E-state index contributed by atoms with van der Waals surface area (Å²) in [6.45, 7) is 3.05. The van der Waals surface area contributed by atoms with Crippen LogP contribution in [0, 0.1) is 0 Å². The van der Waals surface area contributed by atoms with Gasteiger partial charge in [0.15, 0.2) is 0 Å². The molecule has 1 aromatic carbocycles. The summed E-state index contributed by atoms with van der Waals surface area (Å²) in [7, 11) is 1.81. The lowest BCUT2D eigenvalue weighted by Crippen LogP contribution is -2.37. The van der Waals surface area contributed by atoms with Gasteiger partial charge < -0.3 is 15.0 Å². The van der Waals surface area contributed by atoms with Gasteiger partial charge in [0, 0.05) is 43.5 Å². The van der Waals surface area contributed by atoms with Crippen LogP contribution < -0.4 is 10.2 Å². The highest BCUT2D eigenvalue weighted by molar-refractivity contribution is 6.30. The molecule has 0 aromatic heterocycles. The third-order valence-corrected chi connectivity index (χ3v) is 4.55. The molecule has 1 heterocycles. The monoisotopic (exact) mass is 294 g/mol. The van der Waals surface area contributed by atoms with E-state index in [1.54, 1.807) is 0 Å². The topological polar surface area (TPSA) is 24.5 Å². The van der Waals surface area contributed by atoms with Gasteiger partial charge in [0.05, 0.1) is 6.10 Å². The zero-order chi connectivity index (χ0) is 13.9. The van der Waals surface area contributed by atoms with Gasteiger partial charge >= 0.3 is 0 Å². The largest absolute Gasteiger partial charge is 0.381 e. The minimum atomic E-state index is 0.423. The van der Waals surface area contributed by atoms with Gasteiger partial charge in [0.2, 0.25) is 0 Å². The molecule has 0 unspecified atom stereocenters. The first-order chi connectivity index (χ1) is 9.76. The first-order valence-electron chi connectivity index (χ1n) is 7.56. The molecular weight excluding hydrogens is 272 g/mol. The number of hydrogen-bond acceptors (Lipinski definition) is 3. The lowest BCUT2D eigenvalue weighted by molar-refractivity contribution is 0.0819. The standard InChI is InChI=1S/C16H23ClN2O/c1-20-15-6-8-19(9-7-15)16-5-2-13(17)10-12(16)11-18-14-3-4-14/h2,5,10,14-15,18H,3-4,6-9,11H2,1H3. The van der Waals surface area contributed by atoms with E-state index in [4.69, 9.17) is 16.3 Å². The minimum absolute atomic E-state index is 0.423. The van der Waals surface area contributed by atoms with E-state index < -0.39 is 0 Å². The molecule has 0 amide bonds. The third-order valence-electron chi connectivity index (χ3n) is 4.32. The van der Waals surface area contributed by atoms with E-state index in [1.807, 2.05) is 13.2 Å². The maximum Gasteiger partial charge on any atom is 0.0605 e. The van der Waals surface area contributed by atoms with Crippen LogP contribution in [0.3, 0.4) is 0 Å². The van der Waals surface area contributed by atoms with Crippen molar-refractivity contribution in [3.8, 4) is 0 Å². The average Bonchev–Trinajstić information content (AvgIpc) is 3.30.